The number of aliphatic hydroxyl groups excluding tert-OH is 2. The van der Waals surface area contributed by atoms with Crippen molar-refractivity contribution in [1.29, 1.82) is 0 Å². The number of aryl methyl sites for hydroxylation is 1. The largest absolute Gasteiger partial charge is 0.465 e. The third-order valence-electron chi connectivity index (χ3n) is 2.17. The zero-order chi connectivity index (χ0) is 11.1. The third kappa shape index (κ3) is 4.32. The number of benzene rings is 1. The molecule has 0 aliphatic carbocycles. The van der Waals surface area contributed by atoms with Gasteiger partial charge < -0.3 is 14.9 Å². The number of hydrogen-bond donors (Lipinski definition) is 2. The molecule has 0 radical (unpaired) electrons. The molecule has 2 N–H and O–H groups in total. The van der Waals surface area contributed by atoms with Crippen LogP contribution in [-0.2, 0) is 6.42 Å². The molecule has 0 amide bonds. The maximum Gasteiger partial charge on any atom is 0.197 e. The summed E-state index contributed by atoms with van der Waals surface area (Å²) in [6.45, 7) is 2.08. The molecule has 0 aliphatic rings. The molecule has 1 rings (SSSR count). The normalized spacial score (nSPS) is 12.5. The highest BCUT2D eigenvalue weighted by Gasteiger charge is 2.01. The monoisotopic (exact) mass is 210 g/mol. The van der Waals surface area contributed by atoms with Gasteiger partial charge in [-0.05, 0) is 30.5 Å². The van der Waals surface area contributed by atoms with E-state index in [2.05, 4.69) is 0 Å². The molecule has 0 heterocycles. The van der Waals surface area contributed by atoms with E-state index in [-0.39, 0.29) is 6.61 Å². The summed E-state index contributed by atoms with van der Waals surface area (Å²) >= 11 is 0. The van der Waals surface area contributed by atoms with E-state index in [9.17, 15) is 5.11 Å². The lowest BCUT2D eigenvalue weighted by Crippen LogP contribution is -2.13. The van der Waals surface area contributed by atoms with Gasteiger partial charge >= 0.3 is 0 Å². The fourth-order valence-corrected chi connectivity index (χ4v) is 1.26. The van der Waals surface area contributed by atoms with Gasteiger partial charge in [0.25, 0.3) is 0 Å². The first-order valence-corrected chi connectivity index (χ1v) is 5.30. The van der Waals surface area contributed by atoms with E-state index in [1.807, 2.05) is 31.2 Å². The van der Waals surface area contributed by atoms with Gasteiger partial charge in [0.15, 0.2) is 6.29 Å². The second-order valence-corrected chi connectivity index (χ2v) is 3.45. The third-order valence-corrected chi connectivity index (χ3v) is 2.17. The van der Waals surface area contributed by atoms with Gasteiger partial charge in [-0.15, -0.1) is 0 Å². The molecular formula is C12H18O3. The SMILES string of the molecule is CCC(O)Oc1ccc(CCCO)cc1. The fourth-order valence-electron chi connectivity index (χ4n) is 1.26. The van der Waals surface area contributed by atoms with Crippen LogP contribution in [-0.4, -0.2) is 23.1 Å². The van der Waals surface area contributed by atoms with Gasteiger partial charge in [-0.1, -0.05) is 19.1 Å². The summed E-state index contributed by atoms with van der Waals surface area (Å²) in [6, 6.07) is 7.58. The Morgan fingerprint density at radius 1 is 1.27 bits per heavy atom. The molecule has 1 aromatic carbocycles. The molecule has 0 bridgehead atoms. The van der Waals surface area contributed by atoms with Crippen LogP contribution in [0.2, 0.25) is 0 Å². The Balaban J connectivity index is 2.48. The lowest BCUT2D eigenvalue weighted by atomic mass is 10.1. The summed E-state index contributed by atoms with van der Waals surface area (Å²) in [5.41, 5.74) is 1.17. The van der Waals surface area contributed by atoms with E-state index in [1.165, 1.54) is 5.56 Å². The minimum atomic E-state index is -0.728. The first-order valence-electron chi connectivity index (χ1n) is 5.30. The molecule has 1 atom stereocenters. The summed E-state index contributed by atoms with van der Waals surface area (Å²) in [5, 5.41) is 17.9. The summed E-state index contributed by atoms with van der Waals surface area (Å²) in [4.78, 5) is 0. The molecule has 1 unspecified atom stereocenters. The van der Waals surface area contributed by atoms with Gasteiger partial charge in [0.1, 0.15) is 5.75 Å². The molecule has 0 saturated heterocycles. The van der Waals surface area contributed by atoms with E-state index in [0.717, 1.165) is 12.8 Å². The Labute approximate surface area is 90.3 Å². The summed E-state index contributed by atoms with van der Waals surface area (Å²) in [7, 11) is 0. The predicted octanol–water partition coefficient (Wildman–Crippen LogP) is 1.72. The Morgan fingerprint density at radius 3 is 2.47 bits per heavy atom. The van der Waals surface area contributed by atoms with Crippen molar-refractivity contribution in [3.63, 3.8) is 0 Å². The minimum Gasteiger partial charge on any atom is -0.465 e. The zero-order valence-electron chi connectivity index (χ0n) is 9.02. The van der Waals surface area contributed by atoms with Crippen molar-refractivity contribution >= 4 is 0 Å². The van der Waals surface area contributed by atoms with Crippen LogP contribution in [0.25, 0.3) is 0 Å². The Morgan fingerprint density at radius 2 is 1.93 bits per heavy atom. The Kier molecular flexibility index (Phi) is 5.15. The minimum absolute atomic E-state index is 0.215. The van der Waals surface area contributed by atoms with Crippen LogP contribution >= 0.6 is 0 Å². The fraction of sp³-hybridized carbons (Fsp3) is 0.500. The van der Waals surface area contributed by atoms with Gasteiger partial charge in [-0.2, -0.15) is 0 Å². The van der Waals surface area contributed by atoms with Crippen LogP contribution in [0.4, 0.5) is 0 Å². The molecule has 3 heteroatoms. The molecule has 0 aromatic heterocycles. The van der Waals surface area contributed by atoms with E-state index < -0.39 is 6.29 Å². The molecule has 0 saturated carbocycles. The maximum atomic E-state index is 9.27. The lowest BCUT2D eigenvalue weighted by molar-refractivity contribution is -0.0191. The first kappa shape index (κ1) is 12.0. The average molecular weight is 210 g/mol. The predicted molar refractivity (Wildman–Crippen MR) is 58.8 cm³/mol. The van der Waals surface area contributed by atoms with Crippen molar-refractivity contribution in [3.05, 3.63) is 29.8 Å². The van der Waals surface area contributed by atoms with E-state index in [4.69, 9.17) is 9.84 Å². The summed E-state index contributed by atoms with van der Waals surface area (Å²) < 4.78 is 5.23. The molecular weight excluding hydrogens is 192 g/mol. The van der Waals surface area contributed by atoms with Crippen LogP contribution in [0.15, 0.2) is 24.3 Å². The topological polar surface area (TPSA) is 49.7 Å². The van der Waals surface area contributed by atoms with Gasteiger partial charge in [-0.3, -0.25) is 0 Å². The van der Waals surface area contributed by atoms with Crippen molar-refractivity contribution in [2.75, 3.05) is 6.61 Å². The smallest absolute Gasteiger partial charge is 0.197 e. The van der Waals surface area contributed by atoms with Crippen LogP contribution in [0, 0.1) is 0 Å². The van der Waals surface area contributed by atoms with Crippen molar-refractivity contribution < 1.29 is 14.9 Å². The molecule has 15 heavy (non-hydrogen) atoms. The van der Waals surface area contributed by atoms with Crippen LogP contribution < -0.4 is 4.74 Å². The van der Waals surface area contributed by atoms with E-state index in [0.29, 0.717) is 12.2 Å². The molecule has 0 aliphatic heterocycles. The second kappa shape index (κ2) is 6.43. The molecule has 3 nitrogen and oxygen atoms in total. The van der Waals surface area contributed by atoms with Gasteiger partial charge in [0.2, 0.25) is 0 Å². The van der Waals surface area contributed by atoms with Crippen molar-refractivity contribution in [2.24, 2.45) is 0 Å². The van der Waals surface area contributed by atoms with Crippen LogP contribution in [0.1, 0.15) is 25.3 Å². The highest BCUT2D eigenvalue weighted by molar-refractivity contribution is 5.27. The summed E-state index contributed by atoms with van der Waals surface area (Å²) in [5.74, 6) is 0.678. The highest BCUT2D eigenvalue weighted by atomic mass is 16.6. The first-order chi connectivity index (χ1) is 7.26. The summed E-state index contributed by atoms with van der Waals surface area (Å²) in [6.07, 6.45) is 1.49. The number of hydrogen-bond acceptors (Lipinski definition) is 3. The Bertz CT molecular complexity index is 269. The second-order valence-electron chi connectivity index (χ2n) is 3.45. The quantitative estimate of drug-likeness (QED) is 0.703. The molecule has 1 aromatic rings. The van der Waals surface area contributed by atoms with Crippen molar-refractivity contribution in [1.82, 2.24) is 0 Å². The number of ether oxygens (including phenoxy) is 1. The highest BCUT2D eigenvalue weighted by Crippen LogP contribution is 2.15. The molecule has 0 fully saturated rings. The van der Waals surface area contributed by atoms with Gasteiger partial charge in [-0.25, -0.2) is 0 Å². The molecule has 0 spiro atoms. The van der Waals surface area contributed by atoms with Crippen LogP contribution in [0.3, 0.4) is 0 Å². The number of rotatable bonds is 6. The van der Waals surface area contributed by atoms with Gasteiger partial charge in [0.05, 0.1) is 0 Å². The van der Waals surface area contributed by atoms with Crippen molar-refractivity contribution in [2.45, 2.75) is 32.5 Å². The Hall–Kier alpha value is -1.06. The standard InChI is InChI=1S/C12H18O3/c1-2-12(14)15-11-7-5-10(6-8-11)4-3-9-13/h5-8,12-14H,2-4,9H2,1H3. The van der Waals surface area contributed by atoms with E-state index >= 15 is 0 Å². The maximum absolute atomic E-state index is 9.27. The van der Waals surface area contributed by atoms with E-state index in [1.54, 1.807) is 0 Å². The molecule has 84 valence electrons. The average Bonchev–Trinajstić information content (AvgIpc) is 2.28. The van der Waals surface area contributed by atoms with Crippen LogP contribution in [0.5, 0.6) is 5.75 Å². The van der Waals surface area contributed by atoms with Crippen molar-refractivity contribution in [3.8, 4) is 5.75 Å². The lowest BCUT2D eigenvalue weighted by Gasteiger charge is -2.11. The van der Waals surface area contributed by atoms with Gasteiger partial charge in [0, 0.05) is 13.0 Å². The number of aliphatic hydroxyl groups is 2. The zero-order valence-corrected chi connectivity index (χ0v) is 9.02.